The second-order valence-corrected chi connectivity index (χ2v) is 12.4. The van der Waals surface area contributed by atoms with Crippen LogP contribution < -0.4 is 14.4 Å². The largest absolute Gasteiger partial charge is 0.476 e. The molecule has 0 bridgehead atoms. The summed E-state index contributed by atoms with van der Waals surface area (Å²) in [6.07, 6.45) is 8.10. The van der Waals surface area contributed by atoms with Crippen LogP contribution in [0.3, 0.4) is 0 Å². The van der Waals surface area contributed by atoms with Gasteiger partial charge in [-0.15, -0.1) is 0 Å². The molecule has 1 saturated carbocycles. The number of anilines is 2. The average Bonchev–Trinajstić information content (AvgIpc) is 3.14. The molecule has 1 N–H and O–H groups in total. The van der Waals surface area contributed by atoms with Crippen LogP contribution in [0.2, 0.25) is 0 Å². The number of likely N-dealkylation sites (N-methyl/N-ethyl adjacent to an activating group) is 1. The van der Waals surface area contributed by atoms with Gasteiger partial charge in [0.15, 0.2) is 0 Å². The number of ether oxygens (including phenoxy) is 2. The van der Waals surface area contributed by atoms with E-state index >= 15 is 0 Å². The standard InChI is InChI=1S/C28H33N5O5S/c1-32-24-18-29-22-6-5-19(15-21(22)25(24)28(27(32)34)7-3-8-28)20-16-23(31-39(2,35)36)26(30-17-20)38-12-4-9-33-10-13-37-14-11-33/h5-6,15-18,31H,3-4,7-14H2,1-2H3. The molecule has 6 rings (SSSR count). The molecule has 1 aliphatic carbocycles. The summed E-state index contributed by atoms with van der Waals surface area (Å²) in [5.41, 5.74) is 4.17. The zero-order valence-electron chi connectivity index (χ0n) is 22.3. The van der Waals surface area contributed by atoms with E-state index in [1.54, 1.807) is 23.4 Å². The molecule has 11 heteroatoms. The molecular weight excluding hydrogens is 518 g/mol. The summed E-state index contributed by atoms with van der Waals surface area (Å²) >= 11 is 0. The van der Waals surface area contributed by atoms with Crippen molar-refractivity contribution in [3.63, 3.8) is 0 Å². The average molecular weight is 552 g/mol. The summed E-state index contributed by atoms with van der Waals surface area (Å²) in [7, 11) is -1.74. The number of benzene rings is 1. The third-order valence-electron chi connectivity index (χ3n) is 8.05. The zero-order valence-corrected chi connectivity index (χ0v) is 23.1. The topological polar surface area (TPSA) is 114 Å². The molecule has 4 heterocycles. The molecule has 10 nitrogen and oxygen atoms in total. The number of nitrogens with one attached hydrogen (secondary N) is 1. The van der Waals surface area contributed by atoms with E-state index in [9.17, 15) is 13.2 Å². The first kappa shape index (κ1) is 26.0. The highest BCUT2D eigenvalue weighted by molar-refractivity contribution is 7.92. The minimum atomic E-state index is -3.56. The maximum Gasteiger partial charge on any atom is 0.238 e. The van der Waals surface area contributed by atoms with Gasteiger partial charge in [0.2, 0.25) is 21.8 Å². The molecule has 3 aliphatic rings. The fourth-order valence-electron chi connectivity index (χ4n) is 5.93. The van der Waals surface area contributed by atoms with Gasteiger partial charge in [0.25, 0.3) is 0 Å². The molecular formula is C28H33N5O5S. The van der Waals surface area contributed by atoms with E-state index in [-0.39, 0.29) is 11.8 Å². The van der Waals surface area contributed by atoms with Gasteiger partial charge < -0.3 is 14.4 Å². The van der Waals surface area contributed by atoms with Crippen LogP contribution in [0.15, 0.2) is 36.7 Å². The van der Waals surface area contributed by atoms with E-state index in [0.717, 1.165) is 98.1 Å². The second kappa shape index (κ2) is 10.0. The molecule has 206 valence electrons. The van der Waals surface area contributed by atoms with E-state index in [1.807, 2.05) is 25.2 Å². The normalized spacial score (nSPS) is 18.8. The number of hydrogen-bond acceptors (Lipinski definition) is 8. The number of morpholine rings is 1. The van der Waals surface area contributed by atoms with Crippen LogP contribution in [-0.4, -0.2) is 82.0 Å². The first-order valence-corrected chi connectivity index (χ1v) is 15.3. The number of carbonyl (C=O) groups is 1. The first-order valence-electron chi connectivity index (χ1n) is 13.4. The van der Waals surface area contributed by atoms with Crippen molar-refractivity contribution < 1.29 is 22.7 Å². The summed E-state index contributed by atoms with van der Waals surface area (Å²) in [4.78, 5) is 26.3. The number of pyridine rings is 2. The zero-order chi connectivity index (χ0) is 27.2. The van der Waals surface area contributed by atoms with Crippen LogP contribution >= 0.6 is 0 Å². The Kier molecular flexibility index (Phi) is 6.68. The van der Waals surface area contributed by atoms with Crippen molar-refractivity contribution in [2.75, 3.05) is 62.4 Å². The molecule has 2 aromatic heterocycles. The quantitative estimate of drug-likeness (QED) is 0.425. The number of nitrogens with zero attached hydrogens (tertiary/aromatic N) is 4. The number of fused-ring (bicyclic) bond motifs is 4. The second-order valence-electron chi connectivity index (χ2n) is 10.7. The van der Waals surface area contributed by atoms with E-state index in [2.05, 4.69) is 19.6 Å². The predicted molar refractivity (Wildman–Crippen MR) is 150 cm³/mol. The third kappa shape index (κ3) is 4.83. The molecule has 39 heavy (non-hydrogen) atoms. The van der Waals surface area contributed by atoms with Crippen molar-refractivity contribution in [3.05, 3.63) is 42.2 Å². The summed E-state index contributed by atoms with van der Waals surface area (Å²) in [6.45, 7) is 4.60. The van der Waals surface area contributed by atoms with Crippen molar-refractivity contribution >= 4 is 38.2 Å². The lowest BCUT2D eigenvalue weighted by atomic mass is 9.64. The lowest BCUT2D eigenvalue weighted by Crippen LogP contribution is -2.43. The number of sulfonamides is 1. The van der Waals surface area contributed by atoms with Gasteiger partial charge in [0.05, 0.1) is 48.9 Å². The monoisotopic (exact) mass is 551 g/mol. The summed E-state index contributed by atoms with van der Waals surface area (Å²) in [5.74, 6) is 0.384. The van der Waals surface area contributed by atoms with Gasteiger partial charge in [-0.1, -0.05) is 12.5 Å². The Morgan fingerprint density at radius 3 is 2.62 bits per heavy atom. The maximum atomic E-state index is 13.2. The van der Waals surface area contributed by atoms with Crippen LogP contribution in [0, 0.1) is 0 Å². The number of hydrogen-bond donors (Lipinski definition) is 1. The van der Waals surface area contributed by atoms with Crippen LogP contribution in [0.4, 0.5) is 11.4 Å². The molecule has 2 aliphatic heterocycles. The molecule has 0 unspecified atom stereocenters. The van der Waals surface area contributed by atoms with Gasteiger partial charge in [-0.25, -0.2) is 13.4 Å². The molecule has 0 radical (unpaired) electrons. The van der Waals surface area contributed by atoms with Crippen molar-refractivity contribution in [1.29, 1.82) is 0 Å². The van der Waals surface area contributed by atoms with Crippen molar-refractivity contribution in [1.82, 2.24) is 14.9 Å². The smallest absolute Gasteiger partial charge is 0.238 e. The Morgan fingerprint density at radius 1 is 1.10 bits per heavy atom. The highest BCUT2D eigenvalue weighted by atomic mass is 32.2. The minimum Gasteiger partial charge on any atom is -0.476 e. The fraction of sp³-hybridized carbons (Fsp3) is 0.464. The maximum absolute atomic E-state index is 13.2. The first-order chi connectivity index (χ1) is 18.7. The number of aromatic nitrogens is 2. The van der Waals surface area contributed by atoms with Gasteiger partial charge in [0.1, 0.15) is 5.69 Å². The van der Waals surface area contributed by atoms with Gasteiger partial charge in [-0.05, 0) is 43.0 Å². The molecule has 3 aromatic rings. The fourth-order valence-corrected chi connectivity index (χ4v) is 6.48. The van der Waals surface area contributed by atoms with Crippen LogP contribution in [0.1, 0.15) is 31.2 Å². The highest BCUT2D eigenvalue weighted by Crippen LogP contribution is 2.55. The van der Waals surface area contributed by atoms with Crippen molar-refractivity contribution in [3.8, 4) is 17.0 Å². The Labute approximate surface area is 228 Å². The third-order valence-corrected chi connectivity index (χ3v) is 8.64. The predicted octanol–water partition coefficient (Wildman–Crippen LogP) is 3.17. The van der Waals surface area contributed by atoms with Gasteiger partial charge >= 0.3 is 0 Å². The number of carbonyl (C=O) groups excluding carboxylic acids is 1. The highest BCUT2D eigenvalue weighted by Gasteiger charge is 2.54. The molecule has 1 aromatic carbocycles. The lowest BCUT2D eigenvalue weighted by Gasteiger charge is -2.37. The minimum absolute atomic E-state index is 0.139. The molecule has 2 fully saturated rings. The van der Waals surface area contributed by atoms with Gasteiger partial charge in [0, 0.05) is 49.4 Å². The molecule has 1 spiro atoms. The van der Waals surface area contributed by atoms with Crippen molar-refractivity contribution in [2.24, 2.45) is 0 Å². The van der Waals surface area contributed by atoms with Crippen molar-refractivity contribution in [2.45, 2.75) is 31.1 Å². The van der Waals surface area contributed by atoms with Gasteiger partial charge in [-0.3, -0.25) is 19.4 Å². The molecule has 1 saturated heterocycles. The lowest BCUT2D eigenvalue weighted by molar-refractivity contribution is -0.125. The van der Waals surface area contributed by atoms with E-state index in [4.69, 9.17) is 9.47 Å². The number of rotatable bonds is 8. The summed E-state index contributed by atoms with van der Waals surface area (Å²) in [5, 5.41) is 0.948. The van der Waals surface area contributed by atoms with Crippen LogP contribution in [0.5, 0.6) is 5.88 Å². The summed E-state index contributed by atoms with van der Waals surface area (Å²) in [6, 6.07) is 7.68. The summed E-state index contributed by atoms with van der Waals surface area (Å²) < 4.78 is 38.2. The SMILES string of the molecule is CN1C(=O)C2(CCC2)c2c1cnc1ccc(-c3cnc(OCCCN4CCOCC4)c(NS(C)(=O)=O)c3)cc21. The Morgan fingerprint density at radius 2 is 1.90 bits per heavy atom. The van der Waals surface area contributed by atoms with Crippen LogP contribution in [-0.2, 0) is 25.0 Å². The van der Waals surface area contributed by atoms with E-state index in [0.29, 0.717) is 12.3 Å². The Hall–Kier alpha value is -3.28. The van der Waals surface area contributed by atoms with E-state index < -0.39 is 15.4 Å². The Balaban J connectivity index is 1.30. The molecule has 1 amide bonds. The number of amides is 1. The van der Waals surface area contributed by atoms with Gasteiger partial charge in [-0.2, -0.15) is 0 Å². The Bertz CT molecular complexity index is 1530. The van der Waals surface area contributed by atoms with E-state index in [1.165, 1.54) is 0 Å². The van der Waals surface area contributed by atoms with Crippen LogP contribution in [0.25, 0.3) is 22.0 Å². The molecule has 0 atom stereocenters.